The molecular formula is C26H31FN4O6S. The highest BCUT2D eigenvalue weighted by Gasteiger charge is 2.43. The summed E-state index contributed by atoms with van der Waals surface area (Å²) in [6.45, 7) is 6.82. The van der Waals surface area contributed by atoms with Gasteiger partial charge in [0.1, 0.15) is 5.82 Å². The van der Waals surface area contributed by atoms with E-state index < -0.39 is 31.9 Å². The van der Waals surface area contributed by atoms with E-state index in [1.807, 2.05) is 25.1 Å². The van der Waals surface area contributed by atoms with Gasteiger partial charge in [-0.2, -0.15) is 0 Å². The zero-order valence-electron chi connectivity index (χ0n) is 21.5. The Morgan fingerprint density at radius 3 is 2.55 bits per heavy atom. The van der Waals surface area contributed by atoms with Gasteiger partial charge in [0.15, 0.2) is 14.6 Å². The van der Waals surface area contributed by atoms with Gasteiger partial charge in [0.2, 0.25) is 0 Å². The summed E-state index contributed by atoms with van der Waals surface area (Å²) in [5.41, 5.74) is 4.12. The number of halogens is 1. The molecule has 38 heavy (non-hydrogen) atoms. The van der Waals surface area contributed by atoms with Crippen LogP contribution >= 0.6 is 0 Å². The van der Waals surface area contributed by atoms with Gasteiger partial charge in [-0.25, -0.2) is 23.3 Å². The molecule has 2 N–H and O–H groups in total. The third-order valence-electron chi connectivity index (χ3n) is 7.23. The van der Waals surface area contributed by atoms with Crippen LogP contribution in [0, 0.1) is 12.7 Å². The van der Waals surface area contributed by atoms with E-state index in [2.05, 4.69) is 9.88 Å². The SMILES string of the molecule is Cc1cc(CN2CCOCC2)ccc1-c1cc2ncn(CC[C@](C)(C(=O)NO)S(C)(=O)=O)c(=O)c2cc1F. The number of benzene rings is 2. The molecule has 0 aliphatic carbocycles. The normalized spacial score (nSPS) is 16.3. The van der Waals surface area contributed by atoms with E-state index in [9.17, 15) is 18.0 Å². The molecule has 0 bridgehead atoms. The molecule has 1 fully saturated rings. The molecule has 1 aromatic heterocycles. The van der Waals surface area contributed by atoms with Gasteiger partial charge in [0.25, 0.3) is 11.5 Å². The van der Waals surface area contributed by atoms with Gasteiger partial charge in [-0.15, -0.1) is 0 Å². The third-order valence-corrected chi connectivity index (χ3v) is 9.26. The van der Waals surface area contributed by atoms with Crippen LogP contribution in [0.5, 0.6) is 0 Å². The van der Waals surface area contributed by atoms with Crippen molar-refractivity contribution in [3.8, 4) is 11.1 Å². The molecule has 4 rings (SSSR count). The van der Waals surface area contributed by atoms with Gasteiger partial charge >= 0.3 is 0 Å². The quantitative estimate of drug-likeness (QED) is 0.324. The number of ether oxygens (including phenoxy) is 1. The summed E-state index contributed by atoms with van der Waals surface area (Å²) >= 11 is 0. The van der Waals surface area contributed by atoms with Crippen LogP contribution in [-0.2, 0) is 32.5 Å². The second kappa shape index (κ2) is 10.9. The summed E-state index contributed by atoms with van der Waals surface area (Å²) in [5.74, 6) is -1.69. The van der Waals surface area contributed by atoms with E-state index in [0.717, 1.165) is 54.6 Å². The number of nitrogens with zero attached hydrogens (tertiary/aromatic N) is 3. The zero-order valence-corrected chi connectivity index (χ0v) is 22.3. The molecule has 1 aliphatic heterocycles. The van der Waals surface area contributed by atoms with Crippen LogP contribution in [0.15, 0.2) is 41.5 Å². The van der Waals surface area contributed by atoms with Crippen molar-refractivity contribution < 1.29 is 27.5 Å². The minimum absolute atomic E-state index is 0.0306. The second-order valence-corrected chi connectivity index (χ2v) is 12.3. The molecule has 0 radical (unpaired) electrons. The highest BCUT2D eigenvalue weighted by Crippen LogP contribution is 2.30. The molecule has 2 heterocycles. The highest BCUT2D eigenvalue weighted by molar-refractivity contribution is 7.92. The zero-order chi connectivity index (χ0) is 27.7. The first-order valence-electron chi connectivity index (χ1n) is 12.2. The molecule has 0 saturated carbocycles. The Morgan fingerprint density at radius 1 is 1.21 bits per heavy atom. The van der Waals surface area contributed by atoms with Crippen LogP contribution in [0.4, 0.5) is 4.39 Å². The number of sulfone groups is 1. The van der Waals surface area contributed by atoms with Gasteiger partial charge in [-0.1, -0.05) is 18.2 Å². The smallest absolute Gasteiger partial charge is 0.264 e. The summed E-state index contributed by atoms with van der Waals surface area (Å²) in [4.78, 5) is 31.7. The Kier molecular flexibility index (Phi) is 7.98. The van der Waals surface area contributed by atoms with Crippen LogP contribution < -0.4 is 11.0 Å². The molecule has 0 spiro atoms. The Balaban J connectivity index is 1.62. The van der Waals surface area contributed by atoms with Crippen LogP contribution in [0.1, 0.15) is 24.5 Å². The summed E-state index contributed by atoms with van der Waals surface area (Å²) < 4.78 is 44.3. The standard InChI is InChI=1S/C26H31FN4O6S/c1-17-12-18(15-30-8-10-37-11-9-30)4-5-19(17)20-14-23-21(13-22(20)27)24(32)31(16-28-23)7-6-26(2,25(33)29-34)38(3,35)36/h4-5,12-14,16,34H,6-11,15H2,1-3H3,(H,29,33)/t26-/m1/s1. The fraction of sp³-hybridized carbons (Fsp3) is 0.423. The number of nitrogens with one attached hydrogen (secondary N) is 1. The Labute approximate surface area is 219 Å². The number of fused-ring (bicyclic) bond motifs is 1. The number of carbonyl (C=O) groups is 1. The van der Waals surface area contributed by atoms with Crippen LogP contribution in [0.3, 0.4) is 0 Å². The van der Waals surface area contributed by atoms with E-state index in [1.54, 1.807) is 0 Å². The number of aryl methyl sites for hydroxylation is 2. The fourth-order valence-electron chi connectivity index (χ4n) is 4.61. The highest BCUT2D eigenvalue weighted by atomic mass is 32.2. The predicted molar refractivity (Wildman–Crippen MR) is 140 cm³/mol. The first-order chi connectivity index (χ1) is 17.9. The number of hydroxylamine groups is 1. The van der Waals surface area contributed by atoms with Crippen molar-refractivity contribution in [2.24, 2.45) is 0 Å². The van der Waals surface area contributed by atoms with Crippen molar-refractivity contribution in [2.75, 3.05) is 32.6 Å². The number of aromatic nitrogens is 2. The maximum Gasteiger partial charge on any atom is 0.264 e. The average molecular weight is 547 g/mol. The Hall–Kier alpha value is -3.19. The topological polar surface area (TPSA) is 131 Å². The Morgan fingerprint density at radius 2 is 1.92 bits per heavy atom. The second-order valence-electron chi connectivity index (χ2n) is 9.82. The average Bonchev–Trinajstić information content (AvgIpc) is 2.88. The molecule has 1 aliphatic rings. The van der Waals surface area contributed by atoms with Crippen molar-refractivity contribution in [2.45, 2.75) is 38.1 Å². The van der Waals surface area contributed by atoms with Crippen molar-refractivity contribution in [3.63, 3.8) is 0 Å². The van der Waals surface area contributed by atoms with Crippen molar-refractivity contribution in [1.82, 2.24) is 19.9 Å². The lowest BCUT2D eigenvalue weighted by Crippen LogP contribution is -2.50. The number of rotatable bonds is 8. The first-order valence-corrected chi connectivity index (χ1v) is 14.1. The Bertz CT molecular complexity index is 1530. The summed E-state index contributed by atoms with van der Waals surface area (Å²) in [5, 5.41) is 9.02. The molecule has 204 valence electrons. The van der Waals surface area contributed by atoms with E-state index in [1.165, 1.54) is 17.9 Å². The maximum absolute atomic E-state index is 15.3. The van der Waals surface area contributed by atoms with Gasteiger partial charge in [-0.3, -0.25) is 24.3 Å². The lowest BCUT2D eigenvalue weighted by molar-refractivity contribution is -0.131. The van der Waals surface area contributed by atoms with Crippen LogP contribution in [0.2, 0.25) is 0 Å². The number of carbonyl (C=O) groups excluding carboxylic acids is 1. The number of morpholine rings is 1. The molecule has 0 unspecified atom stereocenters. The van der Waals surface area contributed by atoms with Gasteiger partial charge in [0.05, 0.1) is 30.4 Å². The third kappa shape index (κ3) is 5.48. The monoisotopic (exact) mass is 546 g/mol. The number of amides is 1. The lowest BCUT2D eigenvalue weighted by atomic mass is 9.96. The van der Waals surface area contributed by atoms with Gasteiger partial charge in [0, 0.05) is 38.0 Å². The van der Waals surface area contributed by atoms with Crippen molar-refractivity contribution >= 4 is 26.6 Å². The molecule has 1 amide bonds. The van der Waals surface area contributed by atoms with Crippen molar-refractivity contribution in [3.05, 3.63) is 64.0 Å². The predicted octanol–water partition coefficient (Wildman–Crippen LogP) is 2.04. The number of hydrogen-bond donors (Lipinski definition) is 2. The van der Waals surface area contributed by atoms with Crippen LogP contribution in [-0.4, -0.2) is 71.3 Å². The number of hydrogen-bond acceptors (Lipinski definition) is 8. The summed E-state index contributed by atoms with van der Waals surface area (Å²) in [7, 11) is -3.94. The molecular weight excluding hydrogens is 515 g/mol. The van der Waals surface area contributed by atoms with Gasteiger partial charge < -0.3 is 4.74 Å². The largest absolute Gasteiger partial charge is 0.379 e. The molecule has 1 atom stereocenters. The maximum atomic E-state index is 15.3. The van der Waals surface area contributed by atoms with E-state index >= 15 is 4.39 Å². The van der Waals surface area contributed by atoms with E-state index in [-0.39, 0.29) is 18.4 Å². The molecule has 3 aromatic rings. The van der Waals surface area contributed by atoms with Crippen molar-refractivity contribution in [1.29, 1.82) is 0 Å². The summed E-state index contributed by atoms with van der Waals surface area (Å²) in [6.07, 6.45) is 1.81. The minimum Gasteiger partial charge on any atom is -0.379 e. The minimum atomic E-state index is -3.94. The lowest BCUT2D eigenvalue weighted by Gasteiger charge is -2.26. The fourth-order valence-corrected chi connectivity index (χ4v) is 5.45. The molecule has 1 saturated heterocycles. The van der Waals surface area contributed by atoms with Gasteiger partial charge in [-0.05, 0) is 49.1 Å². The summed E-state index contributed by atoms with van der Waals surface area (Å²) in [6, 6.07) is 8.53. The molecule has 10 nitrogen and oxygen atoms in total. The van der Waals surface area contributed by atoms with E-state index in [4.69, 9.17) is 9.94 Å². The molecule has 2 aromatic carbocycles. The first kappa shape index (κ1) is 27.8. The van der Waals surface area contributed by atoms with E-state index in [0.29, 0.717) is 29.9 Å². The molecule has 12 heteroatoms. The van der Waals surface area contributed by atoms with Crippen LogP contribution in [0.25, 0.3) is 22.0 Å².